The Kier molecular flexibility index (Phi) is 3.45. The predicted molar refractivity (Wildman–Crippen MR) is 72.3 cm³/mol. The summed E-state index contributed by atoms with van der Waals surface area (Å²) in [7, 11) is 1.64. The maximum Gasteiger partial charge on any atom is 0.118 e. The van der Waals surface area contributed by atoms with Crippen molar-refractivity contribution in [1.82, 2.24) is 0 Å². The first kappa shape index (κ1) is 11.9. The first-order valence-electron chi connectivity index (χ1n) is 5.58. The van der Waals surface area contributed by atoms with E-state index in [2.05, 4.69) is 12.6 Å². The number of nitrogens with zero attached hydrogens (tertiary/aromatic N) is 1. The third-order valence-corrected chi connectivity index (χ3v) is 2.80. The quantitative estimate of drug-likeness (QED) is 0.813. The number of rotatable bonds is 3. The van der Waals surface area contributed by atoms with E-state index in [4.69, 9.17) is 10.00 Å². The first-order chi connectivity index (χ1) is 8.74. The maximum atomic E-state index is 8.76. The third-order valence-electron chi connectivity index (χ3n) is 2.80. The van der Waals surface area contributed by atoms with Crippen molar-refractivity contribution in [3.05, 3.63) is 71.8 Å². The lowest BCUT2D eigenvalue weighted by Crippen LogP contribution is -1.88. The molecular weight excluding hydrogens is 222 g/mol. The van der Waals surface area contributed by atoms with Crippen molar-refractivity contribution in [3.63, 3.8) is 0 Å². The van der Waals surface area contributed by atoms with Gasteiger partial charge in [-0.2, -0.15) is 5.26 Å². The molecule has 0 aromatic heterocycles. The van der Waals surface area contributed by atoms with Gasteiger partial charge in [0, 0.05) is 0 Å². The second-order valence-corrected chi connectivity index (χ2v) is 3.90. The Balaban J connectivity index is 2.26. The van der Waals surface area contributed by atoms with E-state index in [-0.39, 0.29) is 0 Å². The van der Waals surface area contributed by atoms with Crippen LogP contribution < -0.4 is 4.74 Å². The summed E-state index contributed by atoms with van der Waals surface area (Å²) in [6.07, 6.45) is 0. The molecule has 88 valence electrons. The Morgan fingerprint density at radius 1 is 1.00 bits per heavy atom. The molecule has 0 fully saturated rings. The van der Waals surface area contributed by atoms with Gasteiger partial charge >= 0.3 is 0 Å². The van der Waals surface area contributed by atoms with Crippen molar-refractivity contribution in [1.29, 1.82) is 5.26 Å². The lowest BCUT2D eigenvalue weighted by atomic mass is 9.99. The highest BCUT2D eigenvalue weighted by molar-refractivity contribution is 5.78. The number of hydrogen-bond acceptors (Lipinski definition) is 2. The molecule has 0 amide bonds. The Morgan fingerprint density at radius 3 is 1.94 bits per heavy atom. The molecule has 0 aliphatic carbocycles. The van der Waals surface area contributed by atoms with Crippen molar-refractivity contribution >= 4 is 5.57 Å². The van der Waals surface area contributed by atoms with Crippen LogP contribution in [0.4, 0.5) is 0 Å². The molecule has 0 heterocycles. The molecule has 2 aromatic carbocycles. The van der Waals surface area contributed by atoms with E-state index in [0.717, 1.165) is 22.4 Å². The van der Waals surface area contributed by atoms with Crippen LogP contribution in [0.15, 0.2) is 55.1 Å². The average Bonchev–Trinajstić information content (AvgIpc) is 2.47. The summed E-state index contributed by atoms with van der Waals surface area (Å²) in [6.45, 7) is 4.08. The summed E-state index contributed by atoms with van der Waals surface area (Å²) in [5.41, 5.74) is 3.64. The highest BCUT2D eigenvalue weighted by Gasteiger charge is 2.02. The minimum absolute atomic E-state index is 0.654. The van der Waals surface area contributed by atoms with E-state index in [1.807, 2.05) is 36.4 Å². The lowest BCUT2D eigenvalue weighted by Gasteiger charge is -2.07. The summed E-state index contributed by atoms with van der Waals surface area (Å²) in [5.74, 6) is 0.825. The molecule has 2 heteroatoms. The molecule has 0 aliphatic rings. The normalized spacial score (nSPS) is 9.56. The van der Waals surface area contributed by atoms with Gasteiger partial charge in [0.1, 0.15) is 5.75 Å². The maximum absolute atomic E-state index is 8.76. The molecule has 0 unspecified atom stereocenters. The van der Waals surface area contributed by atoms with E-state index in [0.29, 0.717) is 5.56 Å². The Hall–Kier alpha value is -2.53. The van der Waals surface area contributed by atoms with Crippen LogP contribution >= 0.6 is 0 Å². The fourth-order valence-electron chi connectivity index (χ4n) is 1.70. The summed E-state index contributed by atoms with van der Waals surface area (Å²) >= 11 is 0. The van der Waals surface area contributed by atoms with Crippen LogP contribution in [0.25, 0.3) is 5.57 Å². The molecule has 0 saturated heterocycles. The lowest BCUT2D eigenvalue weighted by molar-refractivity contribution is 0.415. The van der Waals surface area contributed by atoms with E-state index in [1.54, 1.807) is 19.2 Å². The Labute approximate surface area is 107 Å². The highest BCUT2D eigenvalue weighted by Crippen LogP contribution is 2.23. The summed E-state index contributed by atoms with van der Waals surface area (Å²) in [6, 6.07) is 17.3. The molecular formula is C16H13NO. The van der Waals surface area contributed by atoms with Crippen LogP contribution in [0.1, 0.15) is 16.7 Å². The number of nitriles is 1. The third kappa shape index (κ3) is 2.41. The molecule has 0 atom stereocenters. The first-order valence-corrected chi connectivity index (χ1v) is 5.58. The molecule has 2 rings (SSSR count). The van der Waals surface area contributed by atoms with Gasteiger partial charge in [0.25, 0.3) is 0 Å². The number of methoxy groups -OCH3 is 1. The average molecular weight is 235 g/mol. The van der Waals surface area contributed by atoms with Crippen LogP contribution in [0.3, 0.4) is 0 Å². The van der Waals surface area contributed by atoms with Crippen LogP contribution in [-0.4, -0.2) is 7.11 Å². The number of ether oxygens (including phenoxy) is 1. The van der Waals surface area contributed by atoms with Gasteiger partial charge in [0.2, 0.25) is 0 Å². The van der Waals surface area contributed by atoms with E-state index in [9.17, 15) is 0 Å². The monoisotopic (exact) mass is 235 g/mol. The van der Waals surface area contributed by atoms with Crippen molar-refractivity contribution in [2.45, 2.75) is 0 Å². The Bertz CT molecular complexity index is 588. The molecule has 0 aliphatic heterocycles. The van der Waals surface area contributed by atoms with E-state index >= 15 is 0 Å². The van der Waals surface area contributed by atoms with Gasteiger partial charge in [-0.15, -0.1) is 0 Å². The van der Waals surface area contributed by atoms with Gasteiger partial charge in [0.05, 0.1) is 18.7 Å². The summed E-state index contributed by atoms with van der Waals surface area (Å²) in [5, 5.41) is 8.76. The molecule has 2 nitrogen and oxygen atoms in total. The molecule has 2 aromatic rings. The fourth-order valence-corrected chi connectivity index (χ4v) is 1.70. The zero-order valence-corrected chi connectivity index (χ0v) is 10.2. The molecule has 0 saturated carbocycles. The van der Waals surface area contributed by atoms with Gasteiger partial charge in [-0.25, -0.2) is 0 Å². The van der Waals surface area contributed by atoms with Gasteiger partial charge in [-0.3, -0.25) is 0 Å². The Morgan fingerprint density at radius 2 is 1.50 bits per heavy atom. The molecule has 0 bridgehead atoms. The topological polar surface area (TPSA) is 33.0 Å². The van der Waals surface area contributed by atoms with Crippen molar-refractivity contribution < 1.29 is 4.74 Å². The molecule has 0 radical (unpaired) electrons. The van der Waals surface area contributed by atoms with Crippen LogP contribution in [-0.2, 0) is 0 Å². The smallest absolute Gasteiger partial charge is 0.118 e. The molecule has 0 spiro atoms. The van der Waals surface area contributed by atoms with E-state index < -0.39 is 0 Å². The number of hydrogen-bond donors (Lipinski definition) is 0. The van der Waals surface area contributed by atoms with Crippen molar-refractivity contribution in [2.24, 2.45) is 0 Å². The highest BCUT2D eigenvalue weighted by atomic mass is 16.5. The zero-order chi connectivity index (χ0) is 13.0. The largest absolute Gasteiger partial charge is 0.497 e. The van der Waals surface area contributed by atoms with Crippen LogP contribution in [0, 0.1) is 11.3 Å². The second-order valence-electron chi connectivity index (χ2n) is 3.90. The van der Waals surface area contributed by atoms with Gasteiger partial charge < -0.3 is 4.74 Å². The summed E-state index contributed by atoms with van der Waals surface area (Å²) in [4.78, 5) is 0. The standard InChI is InChI=1S/C16H13NO/c1-12(14-5-3-13(11-17)4-6-14)15-7-9-16(18-2)10-8-15/h3-10H,1H2,2H3. The van der Waals surface area contributed by atoms with Gasteiger partial charge in [-0.1, -0.05) is 30.8 Å². The van der Waals surface area contributed by atoms with Crippen LogP contribution in [0.2, 0.25) is 0 Å². The SMILES string of the molecule is C=C(c1ccc(C#N)cc1)c1ccc(OC)cc1. The van der Waals surface area contributed by atoms with Crippen molar-refractivity contribution in [3.8, 4) is 11.8 Å². The predicted octanol–water partition coefficient (Wildman–Crippen LogP) is 3.63. The van der Waals surface area contributed by atoms with E-state index in [1.165, 1.54) is 0 Å². The molecule has 0 N–H and O–H groups in total. The summed E-state index contributed by atoms with van der Waals surface area (Å²) < 4.78 is 5.12. The zero-order valence-electron chi connectivity index (χ0n) is 10.2. The minimum Gasteiger partial charge on any atom is -0.497 e. The second kappa shape index (κ2) is 5.20. The van der Waals surface area contributed by atoms with Gasteiger partial charge in [-0.05, 0) is 41.0 Å². The minimum atomic E-state index is 0.654. The number of benzene rings is 2. The van der Waals surface area contributed by atoms with Crippen LogP contribution in [0.5, 0.6) is 5.75 Å². The fraction of sp³-hybridized carbons (Fsp3) is 0.0625. The van der Waals surface area contributed by atoms with Crippen molar-refractivity contribution in [2.75, 3.05) is 7.11 Å². The van der Waals surface area contributed by atoms with Gasteiger partial charge in [0.15, 0.2) is 0 Å². The molecule has 18 heavy (non-hydrogen) atoms.